The lowest BCUT2D eigenvalue weighted by Gasteiger charge is -2.63. The van der Waals surface area contributed by atoms with Gasteiger partial charge in [0, 0.05) is 129 Å². The van der Waals surface area contributed by atoms with Crippen molar-refractivity contribution in [3.05, 3.63) is 99.5 Å². The van der Waals surface area contributed by atoms with E-state index in [0.29, 0.717) is 77.7 Å². The minimum Gasteiger partial charge on any atom is -0.489 e. The van der Waals surface area contributed by atoms with Crippen molar-refractivity contribution in [3.63, 3.8) is 0 Å². The predicted octanol–water partition coefficient (Wildman–Crippen LogP) is 8.41. The number of carbonyl (C=O) groups is 2. The number of aryl methyl sites for hydroxylation is 2. The van der Waals surface area contributed by atoms with Gasteiger partial charge in [-0.25, -0.2) is 18.7 Å². The van der Waals surface area contributed by atoms with E-state index < -0.39 is 17.3 Å². The molecule has 1 saturated carbocycles. The maximum atomic E-state index is 14.7. The standard InChI is InChI=1S/C52H58ClF2N11O3/c1-32(67)64-22-17-43-41(31-64)47(65-19-10-11-33-23-39(36-29-59-62(6)30-36)40(46(54)55)25-44(33)65)61-66(43)37-15-20-63(21-16-37)18-9-7-8-12-45-57-27-35(28-58-45)48(68)60-49-51(2,3)50(52(49,4)5)69-38-14-13-34(26-56)42(53)24-38/h13-14,23-25,27-30,37,46,49-50H,9-12,15-22,31H2,1-6H3,(H,60,68). The number of nitriles is 1. The number of piperidine rings is 1. The zero-order chi connectivity index (χ0) is 48.8. The van der Waals surface area contributed by atoms with E-state index in [-0.39, 0.29) is 35.6 Å². The molecule has 0 atom stereocenters. The number of amides is 2. The van der Waals surface area contributed by atoms with Gasteiger partial charge >= 0.3 is 0 Å². The van der Waals surface area contributed by atoms with Gasteiger partial charge in [0.1, 0.15) is 23.7 Å². The van der Waals surface area contributed by atoms with Crippen molar-refractivity contribution in [1.29, 1.82) is 5.26 Å². The average Bonchev–Trinajstić information content (AvgIpc) is 3.95. The number of hydrogen-bond acceptors (Lipinski definition) is 10. The number of halogens is 3. The number of nitrogens with one attached hydrogen (secondary N) is 1. The first kappa shape index (κ1) is 47.7. The van der Waals surface area contributed by atoms with Crippen LogP contribution in [0.2, 0.25) is 5.02 Å². The molecule has 1 aliphatic carbocycles. The van der Waals surface area contributed by atoms with Gasteiger partial charge in [-0.05, 0) is 61.1 Å². The van der Waals surface area contributed by atoms with Crippen LogP contribution in [0.5, 0.6) is 5.75 Å². The van der Waals surface area contributed by atoms with E-state index in [4.69, 9.17) is 21.4 Å². The number of rotatable bonds is 11. The summed E-state index contributed by atoms with van der Waals surface area (Å²) in [6.07, 6.45) is 8.79. The second-order valence-corrected chi connectivity index (χ2v) is 20.4. The molecule has 1 N–H and O–H groups in total. The van der Waals surface area contributed by atoms with Crippen LogP contribution in [0.4, 0.5) is 20.3 Å². The molecule has 2 aromatic carbocycles. The van der Waals surface area contributed by atoms with E-state index in [1.165, 1.54) is 0 Å². The van der Waals surface area contributed by atoms with E-state index in [0.717, 1.165) is 73.6 Å². The van der Waals surface area contributed by atoms with Crippen molar-refractivity contribution < 1.29 is 23.1 Å². The molecule has 4 aliphatic rings. The van der Waals surface area contributed by atoms with Gasteiger partial charge in [0.05, 0.1) is 41.4 Å². The maximum absolute atomic E-state index is 14.7. The van der Waals surface area contributed by atoms with Crippen LogP contribution in [-0.2, 0) is 37.6 Å². The SMILES string of the molecule is CC(=O)N1CCc2c(c(N3CCCc4cc(-c5cnn(C)c5)c(C(F)F)cc43)nn2C2CCN(CCC#CCc3ncc(C(=O)NC4C(C)(C)C(Oc5ccc(C#N)c(Cl)c5)C4(C)C)cn3)CC2)C1. The molecule has 14 nitrogen and oxygen atoms in total. The molecule has 2 fully saturated rings. The molecule has 2 amide bonds. The van der Waals surface area contributed by atoms with Gasteiger partial charge < -0.3 is 24.8 Å². The van der Waals surface area contributed by atoms with Gasteiger partial charge in [-0.2, -0.15) is 15.5 Å². The summed E-state index contributed by atoms with van der Waals surface area (Å²) in [7, 11) is 1.78. The second-order valence-electron chi connectivity index (χ2n) is 20.0. The largest absolute Gasteiger partial charge is 0.489 e. The normalized spacial score (nSPS) is 19.7. The van der Waals surface area contributed by atoms with Crippen molar-refractivity contribution in [2.45, 2.75) is 111 Å². The lowest BCUT2D eigenvalue weighted by atomic mass is 9.49. The highest BCUT2D eigenvalue weighted by Gasteiger charge is 2.64. The Hall–Kier alpha value is -6.36. The molecule has 0 spiro atoms. The van der Waals surface area contributed by atoms with Crippen molar-refractivity contribution >= 4 is 34.9 Å². The van der Waals surface area contributed by atoms with Crippen LogP contribution in [0.3, 0.4) is 0 Å². The van der Waals surface area contributed by atoms with Crippen molar-refractivity contribution in [3.8, 4) is 34.8 Å². The molecule has 0 radical (unpaired) electrons. The van der Waals surface area contributed by atoms with Gasteiger partial charge in [-0.15, -0.1) is 5.92 Å². The first-order chi connectivity index (χ1) is 33.0. The zero-order valence-corrected chi connectivity index (χ0v) is 40.8. The van der Waals surface area contributed by atoms with Crippen molar-refractivity contribution in [2.75, 3.05) is 37.6 Å². The molecule has 1 saturated heterocycles. The summed E-state index contributed by atoms with van der Waals surface area (Å²) in [4.78, 5) is 41.3. The summed E-state index contributed by atoms with van der Waals surface area (Å²) >= 11 is 6.25. The number of alkyl halides is 2. The molecule has 0 bridgehead atoms. The number of carbonyl (C=O) groups excluding carboxylic acids is 2. The van der Waals surface area contributed by atoms with Gasteiger partial charge in [-0.1, -0.05) is 45.2 Å². The summed E-state index contributed by atoms with van der Waals surface area (Å²) in [5.74, 6) is 8.13. The third kappa shape index (κ3) is 9.41. The summed E-state index contributed by atoms with van der Waals surface area (Å²) < 4.78 is 39.6. The predicted molar refractivity (Wildman–Crippen MR) is 258 cm³/mol. The fourth-order valence-corrected chi connectivity index (χ4v) is 11.5. The molecule has 360 valence electrons. The Balaban J connectivity index is 0.793. The van der Waals surface area contributed by atoms with E-state index in [1.807, 2.05) is 11.0 Å². The fraction of sp³-hybridized carbons (Fsp3) is 0.481. The second kappa shape index (κ2) is 19.2. The van der Waals surface area contributed by atoms with E-state index >= 15 is 0 Å². The van der Waals surface area contributed by atoms with E-state index in [2.05, 4.69) is 80.5 Å². The van der Waals surface area contributed by atoms with Crippen molar-refractivity contribution in [2.24, 2.45) is 17.9 Å². The van der Waals surface area contributed by atoms with Crippen LogP contribution in [0, 0.1) is 34.0 Å². The number of aromatic nitrogens is 6. The van der Waals surface area contributed by atoms with Crippen LogP contribution in [0.15, 0.2) is 55.1 Å². The molecule has 6 heterocycles. The lowest BCUT2D eigenvalue weighted by Crippen LogP contribution is -2.74. The van der Waals surface area contributed by atoms with Gasteiger partial charge in [0.15, 0.2) is 5.82 Å². The minimum absolute atomic E-state index is 0.00929. The average molecular weight is 959 g/mol. The first-order valence-corrected chi connectivity index (χ1v) is 24.1. The fourth-order valence-electron chi connectivity index (χ4n) is 11.3. The molecule has 5 aromatic rings. The molecule has 0 unspecified atom stereocenters. The third-order valence-corrected chi connectivity index (χ3v) is 14.9. The topological polar surface area (TPSA) is 150 Å². The molecule has 69 heavy (non-hydrogen) atoms. The van der Waals surface area contributed by atoms with Gasteiger partial charge in [0.2, 0.25) is 5.91 Å². The van der Waals surface area contributed by atoms with E-state index in [1.54, 1.807) is 67.7 Å². The highest BCUT2D eigenvalue weighted by atomic mass is 35.5. The summed E-state index contributed by atoms with van der Waals surface area (Å²) in [6.45, 7) is 14.1. The molecular weight excluding hydrogens is 900 g/mol. The maximum Gasteiger partial charge on any atom is 0.264 e. The van der Waals surface area contributed by atoms with Gasteiger partial charge in [0.25, 0.3) is 12.3 Å². The highest BCUT2D eigenvalue weighted by molar-refractivity contribution is 6.31. The van der Waals surface area contributed by atoms with Crippen LogP contribution < -0.4 is 15.0 Å². The first-order valence-electron chi connectivity index (χ1n) is 23.8. The smallest absolute Gasteiger partial charge is 0.264 e. The molecular formula is C52H58ClF2N11O3. The number of anilines is 2. The van der Waals surface area contributed by atoms with E-state index in [9.17, 15) is 23.6 Å². The summed E-state index contributed by atoms with van der Waals surface area (Å²) in [5.41, 5.74) is 4.99. The number of benzene rings is 2. The Bertz CT molecular complexity index is 2850. The third-order valence-electron chi connectivity index (χ3n) is 14.6. The molecule has 3 aromatic heterocycles. The Labute approximate surface area is 407 Å². The number of hydrogen-bond donors (Lipinski definition) is 1. The zero-order valence-electron chi connectivity index (χ0n) is 40.0. The Morgan fingerprint density at radius 2 is 1.75 bits per heavy atom. The van der Waals surface area contributed by atoms with Gasteiger partial charge in [-0.3, -0.25) is 19.0 Å². The number of ether oxygens (including phenoxy) is 1. The Morgan fingerprint density at radius 3 is 2.42 bits per heavy atom. The number of likely N-dealkylation sites (tertiary alicyclic amines) is 1. The summed E-state index contributed by atoms with van der Waals surface area (Å²) in [6, 6.07) is 10.6. The van der Waals surface area contributed by atoms with Crippen LogP contribution in [0.25, 0.3) is 11.1 Å². The monoisotopic (exact) mass is 957 g/mol. The van der Waals surface area contributed by atoms with Crippen molar-refractivity contribution in [1.82, 2.24) is 44.6 Å². The molecule has 17 heteroatoms. The Kier molecular flexibility index (Phi) is 13.3. The molecule has 9 rings (SSSR count). The number of fused-ring (bicyclic) bond motifs is 2. The Morgan fingerprint density at radius 1 is 1.00 bits per heavy atom. The summed E-state index contributed by atoms with van der Waals surface area (Å²) in [5, 5.41) is 22.3. The number of nitrogens with zero attached hydrogens (tertiary/aromatic N) is 10. The van der Waals surface area contributed by atoms with Crippen LogP contribution in [-0.4, -0.2) is 96.0 Å². The quantitative estimate of drug-likeness (QED) is 0.128. The molecule has 3 aliphatic heterocycles. The van der Waals surface area contributed by atoms with Crippen LogP contribution >= 0.6 is 11.6 Å². The highest BCUT2D eigenvalue weighted by Crippen LogP contribution is 2.56. The lowest BCUT2D eigenvalue weighted by molar-refractivity contribution is -0.164. The minimum atomic E-state index is -2.67. The van der Waals surface area contributed by atoms with Crippen LogP contribution in [0.1, 0.15) is 117 Å².